The zero-order valence-electron chi connectivity index (χ0n) is 12.9. The fourth-order valence-electron chi connectivity index (χ4n) is 3.28. The molecule has 0 aliphatic carbocycles. The van der Waals surface area contributed by atoms with Gasteiger partial charge in [-0.3, -0.25) is 14.6 Å². The molecule has 1 atom stereocenters. The number of thiophene rings is 1. The molecule has 0 bridgehead atoms. The summed E-state index contributed by atoms with van der Waals surface area (Å²) in [5.41, 5.74) is 1.30. The van der Waals surface area contributed by atoms with Gasteiger partial charge in [0.2, 0.25) is 5.91 Å². The van der Waals surface area contributed by atoms with E-state index in [-0.39, 0.29) is 17.6 Å². The summed E-state index contributed by atoms with van der Waals surface area (Å²) in [6, 6.07) is 2.02. The molecule has 2 aliphatic rings. The third-order valence-electron chi connectivity index (χ3n) is 4.52. The van der Waals surface area contributed by atoms with Crippen molar-refractivity contribution in [1.29, 1.82) is 0 Å². The molecule has 3 rings (SSSR count). The lowest BCUT2D eigenvalue weighted by Crippen LogP contribution is -2.71. The van der Waals surface area contributed by atoms with Crippen molar-refractivity contribution in [3.63, 3.8) is 0 Å². The molecule has 1 N–H and O–H groups in total. The first-order valence-corrected chi connectivity index (χ1v) is 8.22. The number of likely N-dealkylation sites (tertiary alicyclic amines) is 1. The second kappa shape index (κ2) is 5.68. The minimum absolute atomic E-state index is 0.0396. The quantitative estimate of drug-likeness (QED) is 0.892. The molecule has 5 nitrogen and oxygen atoms in total. The van der Waals surface area contributed by atoms with Crippen molar-refractivity contribution in [2.75, 3.05) is 40.3 Å². The Morgan fingerprint density at radius 2 is 2.29 bits per heavy atom. The first-order chi connectivity index (χ1) is 10.0. The fraction of sp³-hybridized carbons (Fsp3) is 0.667. The van der Waals surface area contributed by atoms with Crippen LogP contribution in [0.4, 0.5) is 0 Å². The highest BCUT2D eigenvalue weighted by atomic mass is 32.1. The van der Waals surface area contributed by atoms with Gasteiger partial charge >= 0.3 is 0 Å². The lowest BCUT2D eigenvalue weighted by atomic mass is 9.90. The van der Waals surface area contributed by atoms with Gasteiger partial charge in [-0.25, -0.2) is 0 Å². The Hall–Kier alpha value is -0.950. The Bertz CT molecular complexity index is 525. The second-order valence-corrected chi connectivity index (χ2v) is 7.21. The molecule has 1 aromatic heterocycles. The van der Waals surface area contributed by atoms with Gasteiger partial charge in [0.1, 0.15) is 11.6 Å². The molecule has 116 valence electrons. The monoisotopic (exact) mass is 309 g/mol. The van der Waals surface area contributed by atoms with E-state index in [0.717, 1.165) is 26.2 Å². The Kier molecular flexibility index (Phi) is 4.05. The molecule has 1 aromatic rings. The number of nitrogens with zero attached hydrogens (tertiary/aromatic N) is 2. The van der Waals surface area contributed by atoms with E-state index in [9.17, 15) is 4.79 Å². The number of aryl methyl sites for hydroxylation is 1. The number of carbonyl (C=O) groups is 1. The summed E-state index contributed by atoms with van der Waals surface area (Å²) in [5, 5.41) is 4.86. The van der Waals surface area contributed by atoms with E-state index in [4.69, 9.17) is 4.74 Å². The van der Waals surface area contributed by atoms with Crippen molar-refractivity contribution in [2.24, 2.45) is 0 Å². The molecule has 0 saturated carbocycles. The molecule has 0 unspecified atom stereocenters. The maximum Gasteiger partial charge on any atom is 0.239 e. The van der Waals surface area contributed by atoms with E-state index >= 15 is 0 Å². The van der Waals surface area contributed by atoms with Crippen molar-refractivity contribution >= 4 is 17.2 Å². The molecule has 0 radical (unpaired) electrons. The van der Waals surface area contributed by atoms with Crippen molar-refractivity contribution in [3.8, 4) is 0 Å². The second-order valence-electron chi connectivity index (χ2n) is 6.21. The third kappa shape index (κ3) is 2.85. The summed E-state index contributed by atoms with van der Waals surface area (Å²) >= 11 is 1.82. The van der Waals surface area contributed by atoms with Gasteiger partial charge in [0.05, 0.1) is 6.61 Å². The van der Waals surface area contributed by atoms with E-state index in [2.05, 4.69) is 33.5 Å². The topological polar surface area (TPSA) is 44.8 Å². The molecular formula is C15H23N3O2S. The van der Waals surface area contributed by atoms with E-state index < -0.39 is 0 Å². The largest absolute Gasteiger partial charge is 0.369 e. The van der Waals surface area contributed by atoms with E-state index in [1.165, 1.54) is 10.4 Å². The Labute approximate surface area is 129 Å². The fourth-order valence-corrected chi connectivity index (χ4v) is 4.22. The smallest absolute Gasteiger partial charge is 0.239 e. The number of amides is 1. The van der Waals surface area contributed by atoms with E-state index in [1.807, 2.05) is 18.4 Å². The highest BCUT2D eigenvalue weighted by molar-refractivity contribution is 7.10. The van der Waals surface area contributed by atoms with Crippen LogP contribution < -0.4 is 5.32 Å². The molecule has 0 aromatic carbocycles. The number of carbonyl (C=O) groups excluding carboxylic acids is 1. The molecule has 1 spiro atoms. The van der Waals surface area contributed by atoms with Crippen LogP contribution >= 0.6 is 11.3 Å². The van der Waals surface area contributed by atoms with Gasteiger partial charge in [-0.2, -0.15) is 0 Å². The molecule has 3 heterocycles. The van der Waals surface area contributed by atoms with Gasteiger partial charge in [0.15, 0.2) is 0 Å². The van der Waals surface area contributed by atoms with Crippen LogP contribution in [0.15, 0.2) is 11.4 Å². The number of likely N-dealkylation sites (N-methyl/N-ethyl adjacent to an activating group) is 2. The normalized spacial score (nSPS) is 25.8. The van der Waals surface area contributed by atoms with Crippen molar-refractivity contribution in [3.05, 3.63) is 21.9 Å². The number of hydrogen-bond acceptors (Lipinski definition) is 5. The van der Waals surface area contributed by atoms with Crippen molar-refractivity contribution < 1.29 is 9.53 Å². The summed E-state index contributed by atoms with van der Waals surface area (Å²) in [6.45, 7) is 6.40. The molecule has 2 saturated heterocycles. The Balaban J connectivity index is 1.54. The number of nitrogens with one attached hydrogen (secondary N) is 1. The summed E-state index contributed by atoms with van der Waals surface area (Å²) in [5.74, 6) is 0.0396. The molecule has 1 amide bonds. The van der Waals surface area contributed by atoms with Gasteiger partial charge in [-0.05, 0) is 31.0 Å². The predicted octanol–water partition coefficient (Wildman–Crippen LogP) is 0.688. The molecular weight excluding hydrogens is 286 g/mol. The van der Waals surface area contributed by atoms with Gasteiger partial charge in [-0.1, -0.05) is 0 Å². The van der Waals surface area contributed by atoms with Crippen LogP contribution in [-0.2, 0) is 16.1 Å². The average molecular weight is 309 g/mol. The molecule has 2 aliphatic heterocycles. The van der Waals surface area contributed by atoms with Crippen LogP contribution in [0, 0.1) is 6.92 Å². The zero-order chi connectivity index (χ0) is 15.0. The highest BCUT2D eigenvalue weighted by Crippen LogP contribution is 2.32. The van der Waals surface area contributed by atoms with E-state index in [1.54, 1.807) is 7.05 Å². The Morgan fingerprint density at radius 1 is 1.52 bits per heavy atom. The first kappa shape index (κ1) is 15.0. The minimum Gasteiger partial charge on any atom is -0.369 e. The summed E-state index contributed by atoms with van der Waals surface area (Å²) in [4.78, 5) is 17.8. The molecule has 2 fully saturated rings. The van der Waals surface area contributed by atoms with Gasteiger partial charge < -0.3 is 10.1 Å². The van der Waals surface area contributed by atoms with Crippen LogP contribution in [0.3, 0.4) is 0 Å². The van der Waals surface area contributed by atoms with Crippen LogP contribution in [0.5, 0.6) is 0 Å². The van der Waals surface area contributed by atoms with Crippen molar-refractivity contribution in [2.45, 2.75) is 25.1 Å². The van der Waals surface area contributed by atoms with Crippen molar-refractivity contribution in [1.82, 2.24) is 15.1 Å². The maximum atomic E-state index is 11.8. The standard InChI is InChI=1S/C15H23N3O2S/c1-11-4-5-21-13(11)6-18-9-15(10-18)8-17(3)12(7-20-15)14(19)16-2/h4-5,12H,6-10H2,1-3H3,(H,16,19)/t12-/m1/s1. The third-order valence-corrected chi connectivity index (χ3v) is 5.53. The number of morpholine rings is 1. The highest BCUT2D eigenvalue weighted by Gasteiger charge is 2.49. The predicted molar refractivity (Wildman–Crippen MR) is 83.5 cm³/mol. The lowest BCUT2D eigenvalue weighted by Gasteiger charge is -2.54. The first-order valence-electron chi connectivity index (χ1n) is 7.34. The SMILES string of the molecule is CNC(=O)[C@H]1COC2(CN(Cc3sccc3C)C2)CN1C. The van der Waals surface area contributed by atoms with Gasteiger partial charge in [0.25, 0.3) is 0 Å². The molecule has 6 heteroatoms. The van der Waals surface area contributed by atoms with Gasteiger partial charge in [0, 0.05) is 38.1 Å². The van der Waals surface area contributed by atoms with Crippen LogP contribution in [-0.4, -0.2) is 67.7 Å². The number of hydrogen-bond donors (Lipinski definition) is 1. The molecule has 21 heavy (non-hydrogen) atoms. The maximum absolute atomic E-state index is 11.8. The Morgan fingerprint density at radius 3 is 2.86 bits per heavy atom. The number of rotatable bonds is 3. The minimum atomic E-state index is -0.158. The van der Waals surface area contributed by atoms with E-state index in [0.29, 0.717) is 6.61 Å². The average Bonchev–Trinajstić information content (AvgIpc) is 2.82. The van der Waals surface area contributed by atoms with Crippen LogP contribution in [0.1, 0.15) is 10.4 Å². The number of ether oxygens (including phenoxy) is 1. The lowest BCUT2D eigenvalue weighted by molar-refractivity contribution is -0.198. The van der Waals surface area contributed by atoms with Crippen LogP contribution in [0.25, 0.3) is 0 Å². The van der Waals surface area contributed by atoms with Gasteiger partial charge in [-0.15, -0.1) is 11.3 Å². The summed E-state index contributed by atoms with van der Waals surface area (Å²) in [7, 11) is 3.69. The van der Waals surface area contributed by atoms with Crippen LogP contribution in [0.2, 0.25) is 0 Å². The zero-order valence-corrected chi connectivity index (χ0v) is 13.7. The summed E-state index contributed by atoms with van der Waals surface area (Å²) < 4.78 is 6.05. The summed E-state index contributed by atoms with van der Waals surface area (Å²) in [6.07, 6.45) is 0.